The Bertz CT molecular complexity index is 702. The molecule has 2 rings (SSSR count). The van der Waals surface area contributed by atoms with Crippen LogP contribution in [0.25, 0.3) is 0 Å². The van der Waals surface area contributed by atoms with Gasteiger partial charge in [-0.1, -0.05) is 11.6 Å². The van der Waals surface area contributed by atoms with Gasteiger partial charge in [0.25, 0.3) is 0 Å². The number of nitrogens with zero attached hydrogens (tertiary/aromatic N) is 1. The molecule has 3 N–H and O–H groups in total. The highest BCUT2D eigenvalue weighted by atomic mass is 35.5. The van der Waals surface area contributed by atoms with Crippen LogP contribution in [0.4, 0.5) is 11.5 Å². The van der Waals surface area contributed by atoms with Crippen LogP contribution in [0.15, 0.2) is 30.5 Å². The van der Waals surface area contributed by atoms with Gasteiger partial charge >= 0.3 is 0 Å². The van der Waals surface area contributed by atoms with Gasteiger partial charge in [-0.05, 0) is 50.6 Å². The minimum Gasteiger partial charge on any atom is -0.491 e. The van der Waals surface area contributed by atoms with Crippen molar-refractivity contribution in [2.45, 2.75) is 26.9 Å². The molecule has 116 valence electrons. The normalized spacial score (nSPS) is 10.6. The van der Waals surface area contributed by atoms with Crippen molar-refractivity contribution in [1.29, 1.82) is 0 Å². The van der Waals surface area contributed by atoms with Crippen molar-refractivity contribution >= 4 is 29.0 Å². The number of halogens is 1. The van der Waals surface area contributed by atoms with Crippen LogP contribution in [0.5, 0.6) is 5.75 Å². The van der Waals surface area contributed by atoms with Gasteiger partial charge in [0.15, 0.2) is 0 Å². The maximum Gasteiger partial charge on any atom is 0.250 e. The first-order chi connectivity index (χ1) is 10.4. The summed E-state index contributed by atoms with van der Waals surface area (Å²) in [6.45, 7) is 5.93. The van der Waals surface area contributed by atoms with Gasteiger partial charge in [-0.15, -0.1) is 0 Å². The first-order valence-electron chi connectivity index (χ1n) is 6.86. The van der Waals surface area contributed by atoms with Crippen molar-refractivity contribution in [2.24, 2.45) is 5.73 Å². The van der Waals surface area contributed by atoms with Crippen LogP contribution in [0.3, 0.4) is 0 Å². The van der Waals surface area contributed by atoms with Crippen molar-refractivity contribution in [3.63, 3.8) is 0 Å². The summed E-state index contributed by atoms with van der Waals surface area (Å²) in [4.78, 5) is 15.2. The van der Waals surface area contributed by atoms with Crippen LogP contribution in [0.1, 0.15) is 29.8 Å². The molecule has 0 fully saturated rings. The molecule has 1 aromatic carbocycles. The number of anilines is 2. The first kappa shape index (κ1) is 16.1. The number of nitrogens with two attached hydrogens (primary N) is 1. The number of carbonyl (C=O) groups excluding carboxylic acids is 1. The van der Waals surface area contributed by atoms with Crippen molar-refractivity contribution in [1.82, 2.24) is 4.98 Å². The van der Waals surface area contributed by atoms with Gasteiger partial charge in [0.2, 0.25) is 5.91 Å². The van der Waals surface area contributed by atoms with Crippen LogP contribution in [0.2, 0.25) is 5.02 Å². The molecule has 0 aliphatic rings. The van der Waals surface area contributed by atoms with Crippen LogP contribution in [0, 0.1) is 6.92 Å². The Kier molecular flexibility index (Phi) is 4.88. The smallest absolute Gasteiger partial charge is 0.250 e. The zero-order valence-electron chi connectivity index (χ0n) is 12.7. The molecule has 0 bridgehead atoms. The number of amides is 1. The molecule has 0 saturated carbocycles. The van der Waals surface area contributed by atoms with E-state index in [-0.39, 0.29) is 11.7 Å². The average Bonchev–Trinajstić information content (AvgIpc) is 2.43. The van der Waals surface area contributed by atoms with E-state index in [2.05, 4.69) is 10.3 Å². The lowest BCUT2D eigenvalue weighted by atomic mass is 10.2. The molecule has 0 atom stereocenters. The minimum atomic E-state index is -0.563. The lowest BCUT2D eigenvalue weighted by Gasteiger charge is -2.14. The van der Waals surface area contributed by atoms with E-state index in [9.17, 15) is 4.79 Å². The Balaban J connectivity index is 2.20. The quantitative estimate of drug-likeness (QED) is 0.881. The summed E-state index contributed by atoms with van der Waals surface area (Å²) in [6, 6.07) is 7.20. The van der Waals surface area contributed by atoms with Gasteiger partial charge in [0.1, 0.15) is 11.6 Å². The monoisotopic (exact) mass is 319 g/mol. The van der Waals surface area contributed by atoms with E-state index in [1.165, 1.54) is 12.3 Å². The Morgan fingerprint density at radius 1 is 1.36 bits per heavy atom. The highest BCUT2D eigenvalue weighted by Crippen LogP contribution is 2.27. The molecule has 0 spiro atoms. The third-order valence-corrected chi connectivity index (χ3v) is 3.21. The first-order valence-corrected chi connectivity index (χ1v) is 7.24. The van der Waals surface area contributed by atoms with Gasteiger partial charge in [0, 0.05) is 11.9 Å². The van der Waals surface area contributed by atoms with E-state index >= 15 is 0 Å². The van der Waals surface area contributed by atoms with Crippen LogP contribution >= 0.6 is 11.6 Å². The van der Waals surface area contributed by atoms with Gasteiger partial charge in [-0.3, -0.25) is 4.79 Å². The molecule has 0 radical (unpaired) electrons. The standard InChI is InChI=1S/C16H18ClN3O2/c1-9(2)22-14-5-4-12(6-10(14)3)20-16-13(17)7-11(8-19-16)15(18)21/h4-9H,1-3H3,(H2,18,21)(H,19,20). The predicted octanol–water partition coefficient (Wildman–Crippen LogP) is 3.67. The van der Waals surface area contributed by atoms with Gasteiger partial charge < -0.3 is 15.8 Å². The third-order valence-electron chi connectivity index (χ3n) is 2.93. The molecule has 1 heterocycles. The van der Waals surface area contributed by atoms with Crippen molar-refractivity contribution < 1.29 is 9.53 Å². The lowest BCUT2D eigenvalue weighted by molar-refractivity contribution is 0.1000. The van der Waals surface area contributed by atoms with E-state index in [0.717, 1.165) is 17.0 Å². The molecule has 1 amide bonds. The fraction of sp³-hybridized carbons (Fsp3) is 0.250. The Morgan fingerprint density at radius 3 is 2.64 bits per heavy atom. The van der Waals surface area contributed by atoms with Crippen LogP contribution in [-0.2, 0) is 0 Å². The molecule has 5 nitrogen and oxygen atoms in total. The summed E-state index contributed by atoms with van der Waals surface area (Å²) >= 11 is 6.11. The number of nitrogens with one attached hydrogen (secondary N) is 1. The highest BCUT2D eigenvalue weighted by Gasteiger charge is 2.09. The number of rotatable bonds is 5. The summed E-state index contributed by atoms with van der Waals surface area (Å²) in [6.07, 6.45) is 1.51. The summed E-state index contributed by atoms with van der Waals surface area (Å²) in [5, 5.41) is 3.44. The largest absolute Gasteiger partial charge is 0.491 e. The second kappa shape index (κ2) is 6.66. The Hall–Kier alpha value is -2.27. The number of hydrogen-bond acceptors (Lipinski definition) is 4. The number of carbonyl (C=O) groups is 1. The fourth-order valence-corrected chi connectivity index (χ4v) is 2.13. The number of primary amides is 1. The van der Waals surface area contributed by atoms with E-state index in [1.807, 2.05) is 39.0 Å². The number of benzene rings is 1. The summed E-state index contributed by atoms with van der Waals surface area (Å²) < 4.78 is 5.70. The number of aromatic nitrogens is 1. The van der Waals surface area contributed by atoms with Gasteiger partial charge in [-0.2, -0.15) is 0 Å². The molecule has 6 heteroatoms. The average molecular weight is 320 g/mol. The number of hydrogen-bond donors (Lipinski definition) is 2. The minimum absolute atomic E-state index is 0.120. The molecule has 2 aromatic rings. The maximum absolute atomic E-state index is 11.1. The van der Waals surface area contributed by atoms with E-state index < -0.39 is 5.91 Å². The Morgan fingerprint density at radius 2 is 2.09 bits per heavy atom. The van der Waals surface area contributed by atoms with E-state index in [0.29, 0.717) is 10.8 Å². The molecule has 22 heavy (non-hydrogen) atoms. The van der Waals surface area contributed by atoms with E-state index in [1.54, 1.807) is 0 Å². The molecule has 0 aliphatic carbocycles. The SMILES string of the molecule is Cc1cc(Nc2ncc(C(N)=O)cc2Cl)ccc1OC(C)C. The number of ether oxygens (including phenoxy) is 1. The maximum atomic E-state index is 11.1. The van der Waals surface area contributed by atoms with Gasteiger partial charge in [0.05, 0.1) is 16.7 Å². The van der Waals surface area contributed by atoms with Crippen molar-refractivity contribution in [3.8, 4) is 5.75 Å². The van der Waals surface area contributed by atoms with Crippen molar-refractivity contribution in [2.75, 3.05) is 5.32 Å². The summed E-state index contributed by atoms with van der Waals surface area (Å²) in [5.41, 5.74) is 7.29. The molecular formula is C16H18ClN3O2. The fourth-order valence-electron chi connectivity index (χ4n) is 1.91. The molecule has 1 aromatic heterocycles. The summed E-state index contributed by atoms with van der Waals surface area (Å²) in [7, 11) is 0. The highest BCUT2D eigenvalue weighted by molar-refractivity contribution is 6.33. The number of aryl methyl sites for hydroxylation is 1. The van der Waals surface area contributed by atoms with Crippen molar-refractivity contribution in [3.05, 3.63) is 46.6 Å². The lowest BCUT2D eigenvalue weighted by Crippen LogP contribution is -2.11. The second-order valence-corrected chi connectivity index (χ2v) is 5.60. The molecule has 0 aliphatic heterocycles. The van der Waals surface area contributed by atoms with Crippen LogP contribution < -0.4 is 15.8 Å². The molecule has 0 unspecified atom stereocenters. The third kappa shape index (κ3) is 3.89. The molecular weight excluding hydrogens is 302 g/mol. The topological polar surface area (TPSA) is 77.2 Å². The Labute approximate surface area is 134 Å². The zero-order chi connectivity index (χ0) is 16.3. The number of pyridine rings is 1. The summed E-state index contributed by atoms with van der Waals surface area (Å²) in [5.74, 6) is 0.735. The molecule has 0 saturated heterocycles. The van der Waals surface area contributed by atoms with Crippen LogP contribution in [-0.4, -0.2) is 17.0 Å². The second-order valence-electron chi connectivity index (χ2n) is 5.19. The zero-order valence-corrected chi connectivity index (χ0v) is 13.4. The van der Waals surface area contributed by atoms with Gasteiger partial charge in [-0.25, -0.2) is 4.98 Å². The predicted molar refractivity (Wildman–Crippen MR) is 88.0 cm³/mol. The van der Waals surface area contributed by atoms with E-state index in [4.69, 9.17) is 22.1 Å².